The number of hydrogen-bond donors (Lipinski definition) is 6. The highest BCUT2D eigenvalue weighted by Gasteiger charge is 2.79. The van der Waals surface area contributed by atoms with E-state index in [4.69, 9.17) is 23.7 Å². The zero-order chi connectivity index (χ0) is 25.8. The summed E-state index contributed by atoms with van der Waals surface area (Å²) in [5.41, 5.74) is -2.00. The van der Waals surface area contributed by atoms with Crippen LogP contribution in [0.3, 0.4) is 0 Å². The van der Waals surface area contributed by atoms with Gasteiger partial charge in [-0.15, -0.1) is 0 Å². The van der Waals surface area contributed by atoms with E-state index >= 15 is 0 Å². The number of ether oxygens (including phenoxy) is 5. The summed E-state index contributed by atoms with van der Waals surface area (Å²) < 4.78 is 27.5. The molecule has 3 fully saturated rings. The number of rotatable bonds is 6. The molecule has 6 N–H and O–H groups in total. The number of epoxide rings is 1. The summed E-state index contributed by atoms with van der Waals surface area (Å²) in [6, 6.07) is 6.10. The molecular formula is C24H28O12. The lowest BCUT2D eigenvalue weighted by Gasteiger charge is -2.45. The number of aliphatic hydroxyl groups is 5. The van der Waals surface area contributed by atoms with Crippen molar-refractivity contribution in [1.29, 1.82) is 0 Å². The largest absolute Gasteiger partial charge is 0.508 e. The summed E-state index contributed by atoms with van der Waals surface area (Å²) in [5, 5.41) is 61.9. The molecule has 0 unspecified atom stereocenters. The first kappa shape index (κ1) is 25.1. The number of phenols is 1. The fraction of sp³-hybridized carbons (Fsp3) is 0.542. The van der Waals surface area contributed by atoms with Gasteiger partial charge in [0.25, 0.3) is 0 Å². The summed E-state index contributed by atoms with van der Waals surface area (Å²) in [4.78, 5) is 12.1. The second kappa shape index (κ2) is 9.08. The lowest BCUT2D eigenvalue weighted by atomic mass is 9.82. The molecule has 0 spiro atoms. The van der Waals surface area contributed by atoms with Crippen molar-refractivity contribution in [2.75, 3.05) is 6.61 Å². The van der Waals surface area contributed by atoms with Crippen LogP contribution in [0.4, 0.5) is 0 Å². The number of aliphatic hydroxyl groups excluding tert-OH is 4. The fourth-order valence-electron chi connectivity index (χ4n) is 5.12. The number of carbonyl (C=O) groups is 1. The van der Waals surface area contributed by atoms with Gasteiger partial charge in [-0.3, -0.25) is 0 Å². The molecule has 0 amide bonds. The molecule has 0 bridgehead atoms. The second-order valence-corrected chi connectivity index (χ2v) is 9.55. The Balaban J connectivity index is 1.22. The van der Waals surface area contributed by atoms with Crippen molar-refractivity contribution in [2.45, 2.75) is 67.3 Å². The molecule has 36 heavy (non-hydrogen) atoms. The molecular weight excluding hydrogens is 480 g/mol. The van der Waals surface area contributed by atoms with Crippen LogP contribution in [0.2, 0.25) is 0 Å². The molecule has 5 rings (SSSR count). The zero-order valence-corrected chi connectivity index (χ0v) is 19.2. The topological polar surface area (TPSA) is 188 Å². The molecule has 0 radical (unpaired) electrons. The maximum absolute atomic E-state index is 12.1. The molecule has 1 aromatic rings. The Kier molecular flexibility index (Phi) is 6.34. The molecule has 12 nitrogen and oxygen atoms in total. The lowest BCUT2D eigenvalue weighted by Crippen LogP contribution is -2.62. The highest BCUT2D eigenvalue weighted by atomic mass is 16.8. The summed E-state index contributed by atoms with van der Waals surface area (Å²) in [5.74, 6) is -1.55. The van der Waals surface area contributed by atoms with Crippen molar-refractivity contribution in [3.63, 3.8) is 0 Å². The molecule has 3 aliphatic heterocycles. The van der Waals surface area contributed by atoms with E-state index < -0.39 is 78.9 Å². The summed E-state index contributed by atoms with van der Waals surface area (Å²) >= 11 is 0. The van der Waals surface area contributed by atoms with Crippen molar-refractivity contribution >= 4 is 12.0 Å². The Bertz CT molecular complexity index is 1040. The standard InChI is InChI=1S/C24H28O12/c1-23-18-22(32-9-8-24(18,31)19(30)20(23)36-23)35-21-17(29)16(28)15(27)13(34-21)10-33-14(26)7-4-11-2-5-12(25)6-3-11/h2-9,13,15-22,25,27-31H,10H2,1H3/b7-4+/t13-,15-,16+,17-,18-,19-,20+,21+,22+,23-,24+/m1/s1. The van der Waals surface area contributed by atoms with E-state index in [1.54, 1.807) is 19.1 Å². The minimum Gasteiger partial charge on any atom is -0.508 e. The fourth-order valence-corrected chi connectivity index (χ4v) is 5.12. The van der Waals surface area contributed by atoms with Gasteiger partial charge in [0.2, 0.25) is 6.29 Å². The van der Waals surface area contributed by atoms with Crippen LogP contribution in [0.1, 0.15) is 12.5 Å². The average Bonchev–Trinajstić information content (AvgIpc) is 3.49. The number of hydrogen-bond acceptors (Lipinski definition) is 12. The maximum Gasteiger partial charge on any atom is 0.330 e. The highest BCUT2D eigenvalue weighted by molar-refractivity contribution is 5.87. The smallest absolute Gasteiger partial charge is 0.330 e. The predicted octanol–water partition coefficient (Wildman–Crippen LogP) is -1.48. The van der Waals surface area contributed by atoms with E-state index in [2.05, 4.69) is 0 Å². The molecule has 3 heterocycles. The average molecular weight is 508 g/mol. The first-order valence-corrected chi connectivity index (χ1v) is 11.4. The van der Waals surface area contributed by atoms with Crippen LogP contribution in [0.15, 0.2) is 42.7 Å². The van der Waals surface area contributed by atoms with Gasteiger partial charge in [0.05, 0.1) is 12.2 Å². The number of esters is 1. The monoisotopic (exact) mass is 508 g/mol. The summed E-state index contributed by atoms with van der Waals surface area (Å²) in [6.45, 7) is 1.22. The number of aromatic hydroxyl groups is 1. The molecule has 196 valence electrons. The van der Waals surface area contributed by atoms with Gasteiger partial charge < -0.3 is 54.3 Å². The minimum absolute atomic E-state index is 0.0812. The summed E-state index contributed by atoms with van der Waals surface area (Å²) in [7, 11) is 0. The molecule has 12 heteroatoms. The number of fused-ring (bicyclic) bond motifs is 3. The molecule has 1 aromatic carbocycles. The molecule has 1 aliphatic carbocycles. The van der Waals surface area contributed by atoms with Gasteiger partial charge in [0.1, 0.15) is 60.2 Å². The van der Waals surface area contributed by atoms with E-state index in [1.807, 2.05) is 0 Å². The van der Waals surface area contributed by atoms with Crippen LogP contribution >= 0.6 is 0 Å². The Morgan fingerprint density at radius 3 is 2.53 bits per heavy atom. The molecule has 4 aliphatic rings. The third-order valence-electron chi connectivity index (χ3n) is 7.22. The van der Waals surface area contributed by atoms with Crippen molar-refractivity contribution in [1.82, 2.24) is 0 Å². The van der Waals surface area contributed by atoms with E-state index in [1.165, 1.54) is 30.5 Å². The Morgan fingerprint density at radius 1 is 1.08 bits per heavy atom. The summed E-state index contributed by atoms with van der Waals surface area (Å²) in [6.07, 6.45) is -5.78. The SMILES string of the molecule is C[C@]12O[C@H]1[C@@H](O)[C@]1(O)C=CO[C@@H](O[C@@H]3O[C@H](COC(=O)/C=C/c4ccc(O)cc4)[C@@H](O)[C@H](O)[C@H]3O)[C@@H]12. The number of phenolic OH excluding ortho intramolecular Hbond substituents is 1. The van der Waals surface area contributed by atoms with Gasteiger partial charge in [-0.1, -0.05) is 12.1 Å². The van der Waals surface area contributed by atoms with Gasteiger partial charge in [-0.05, 0) is 36.8 Å². The van der Waals surface area contributed by atoms with Gasteiger partial charge in [0.15, 0.2) is 6.29 Å². The normalized spacial score (nSPS) is 45.1. The van der Waals surface area contributed by atoms with Gasteiger partial charge >= 0.3 is 5.97 Å². The molecule has 1 saturated carbocycles. The van der Waals surface area contributed by atoms with E-state index in [-0.39, 0.29) is 5.75 Å². The highest BCUT2D eigenvalue weighted by Crippen LogP contribution is 2.61. The third kappa shape index (κ3) is 4.19. The van der Waals surface area contributed by atoms with Crippen LogP contribution < -0.4 is 0 Å². The lowest BCUT2D eigenvalue weighted by molar-refractivity contribution is -0.350. The Hall–Kier alpha value is -2.55. The molecule has 11 atom stereocenters. The van der Waals surface area contributed by atoms with E-state index in [9.17, 15) is 35.4 Å². The maximum atomic E-state index is 12.1. The number of benzene rings is 1. The molecule has 0 aromatic heterocycles. The zero-order valence-electron chi connectivity index (χ0n) is 19.2. The van der Waals surface area contributed by atoms with Crippen LogP contribution in [-0.4, -0.2) is 104 Å². The van der Waals surface area contributed by atoms with Crippen molar-refractivity contribution < 1.29 is 59.1 Å². The van der Waals surface area contributed by atoms with Crippen molar-refractivity contribution in [2.24, 2.45) is 5.92 Å². The van der Waals surface area contributed by atoms with Gasteiger partial charge in [-0.25, -0.2) is 4.79 Å². The minimum atomic E-state index is -1.70. The van der Waals surface area contributed by atoms with E-state index in [0.29, 0.717) is 5.56 Å². The van der Waals surface area contributed by atoms with Crippen LogP contribution in [0.5, 0.6) is 5.75 Å². The van der Waals surface area contributed by atoms with Crippen LogP contribution in [0, 0.1) is 5.92 Å². The first-order valence-electron chi connectivity index (χ1n) is 11.4. The van der Waals surface area contributed by atoms with Gasteiger partial charge in [-0.2, -0.15) is 0 Å². The van der Waals surface area contributed by atoms with Crippen LogP contribution in [0.25, 0.3) is 6.08 Å². The first-order chi connectivity index (χ1) is 17.0. The van der Waals surface area contributed by atoms with Crippen molar-refractivity contribution in [3.05, 3.63) is 48.2 Å². The Morgan fingerprint density at radius 2 is 1.81 bits per heavy atom. The Labute approximate surface area is 205 Å². The van der Waals surface area contributed by atoms with Crippen LogP contribution in [-0.2, 0) is 28.5 Å². The second-order valence-electron chi connectivity index (χ2n) is 9.55. The predicted molar refractivity (Wildman–Crippen MR) is 118 cm³/mol. The number of carbonyl (C=O) groups excluding carboxylic acids is 1. The molecule has 2 saturated heterocycles. The quantitative estimate of drug-likeness (QED) is 0.149. The van der Waals surface area contributed by atoms with Crippen molar-refractivity contribution in [3.8, 4) is 5.75 Å². The third-order valence-corrected chi connectivity index (χ3v) is 7.22. The van der Waals surface area contributed by atoms with Gasteiger partial charge in [0, 0.05) is 6.08 Å². The van der Waals surface area contributed by atoms with E-state index in [0.717, 1.165) is 6.08 Å².